The fourth-order valence-corrected chi connectivity index (χ4v) is 5.50. The number of aromatic nitrogens is 2. The fourth-order valence-electron chi connectivity index (χ4n) is 3.70. The van der Waals surface area contributed by atoms with Gasteiger partial charge in [-0.05, 0) is 60.7 Å². The number of fused-ring (bicyclic) bond motifs is 1. The first-order valence-electron chi connectivity index (χ1n) is 10.0. The van der Waals surface area contributed by atoms with Gasteiger partial charge in [0, 0.05) is 22.2 Å². The number of nitrogens with one attached hydrogen (secondary N) is 2. The van der Waals surface area contributed by atoms with E-state index < -0.39 is 0 Å². The molecule has 3 aromatic rings. The molecule has 0 spiro atoms. The van der Waals surface area contributed by atoms with Crippen LogP contribution in [-0.2, 0) is 24.1 Å². The molecule has 0 unspecified atom stereocenters. The lowest BCUT2D eigenvalue weighted by Gasteiger charge is -2.18. The Labute approximate surface area is 195 Å². The van der Waals surface area contributed by atoms with Crippen molar-refractivity contribution in [2.24, 2.45) is 5.92 Å². The molecular weight excluding hydrogens is 452 g/mol. The molecule has 1 aliphatic rings. The van der Waals surface area contributed by atoms with Crippen molar-refractivity contribution in [3.05, 3.63) is 63.1 Å². The monoisotopic (exact) mass is 474 g/mol. The van der Waals surface area contributed by atoms with Crippen LogP contribution in [0.2, 0.25) is 5.02 Å². The van der Waals surface area contributed by atoms with Crippen molar-refractivity contribution in [3.8, 4) is 0 Å². The molecule has 0 bridgehead atoms. The van der Waals surface area contributed by atoms with Gasteiger partial charge in [-0.2, -0.15) is 5.10 Å². The van der Waals surface area contributed by atoms with E-state index in [2.05, 4.69) is 22.7 Å². The number of rotatable bonds is 5. The van der Waals surface area contributed by atoms with E-state index in [4.69, 9.17) is 28.6 Å². The van der Waals surface area contributed by atoms with E-state index in [-0.39, 0.29) is 5.97 Å². The van der Waals surface area contributed by atoms with Gasteiger partial charge in [0.05, 0.1) is 19.2 Å². The zero-order valence-electron chi connectivity index (χ0n) is 17.3. The number of carbonyl (C=O) groups is 1. The van der Waals surface area contributed by atoms with Crippen LogP contribution in [0.3, 0.4) is 0 Å². The minimum absolute atomic E-state index is 0.329. The third-order valence-electron chi connectivity index (χ3n) is 5.27. The maximum absolute atomic E-state index is 12.4. The SMILES string of the molecule is COC(=O)c1c(NC(=S)Nc2ccn(Cc3ccc(Cl)cc3)n2)sc2c1CC[C@@H](C)C2. The maximum Gasteiger partial charge on any atom is 0.341 e. The quantitative estimate of drug-likeness (QED) is 0.383. The van der Waals surface area contributed by atoms with Crippen molar-refractivity contribution >= 4 is 57.1 Å². The molecule has 0 saturated carbocycles. The Hall–Kier alpha value is -2.42. The summed E-state index contributed by atoms with van der Waals surface area (Å²) in [5.74, 6) is 0.907. The first-order chi connectivity index (χ1) is 14.9. The second-order valence-corrected chi connectivity index (χ2v) is 9.60. The van der Waals surface area contributed by atoms with E-state index in [0.29, 0.717) is 34.0 Å². The first-order valence-corrected chi connectivity index (χ1v) is 11.6. The van der Waals surface area contributed by atoms with Gasteiger partial charge in [0.1, 0.15) is 5.00 Å². The Morgan fingerprint density at radius 1 is 1.32 bits per heavy atom. The predicted octanol–water partition coefficient (Wildman–Crippen LogP) is 5.37. The number of hydrogen-bond acceptors (Lipinski definition) is 5. The van der Waals surface area contributed by atoms with Gasteiger partial charge in [-0.15, -0.1) is 11.3 Å². The van der Waals surface area contributed by atoms with Gasteiger partial charge in [-0.25, -0.2) is 4.79 Å². The number of carbonyl (C=O) groups excluding carboxylic acids is 1. The highest BCUT2D eigenvalue weighted by molar-refractivity contribution is 7.80. The van der Waals surface area contributed by atoms with Gasteiger partial charge in [-0.3, -0.25) is 4.68 Å². The molecule has 0 saturated heterocycles. The largest absolute Gasteiger partial charge is 0.465 e. The van der Waals surface area contributed by atoms with Crippen LogP contribution in [0.1, 0.15) is 39.7 Å². The molecule has 2 N–H and O–H groups in total. The number of thiophene rings is 1. The van der Waals surface area contributed by atoms with Crippen LogP contribution in [0, 0.1) is 5.92 Å². The lowest BCUT2D eigenvalue weighted by atomic mass is 9.88. The second-order valence-electron chi connectivity index (χ2n) is 7.65. The van der Waals surface area contributed by atoms with Crippen LogP contribution < -0.4 is 10.6 Å². The van der Waals surface area contributed by atoms with Crippen LogP contribution in [0.25, 0.3) is 0 Å². The molecule has 9 heteroatoms. The number of halogens is 1. The molecule has 4 rings (SSSR count). The highest BCUT2D eigenvalue weighted by Crippen LogP contribution is 2.40. The van der Waals surface area contributed by atoms with E-state index in [1.165, 1.54) is 12.0 Å². The molecule has 0 fully saturated rings. The first kappa shape index (κ1) is 21.8. The van der Waals surface area contributed by atoms with Crippen molar-refractivity contribution in [1.29, 1.82) is 0 Å². The van der Waals surface area contributed by atoms with Gasteiger partial charge < -0.3 is 15.4 Å². The Kier molecular flexibility index (Phi) is 6.60. The number of anilines is 2. The molecule has 2 heterocycles. The lowest BCUT2D eigenvalue weighted by Crippen LogP contribution is -2.21. The number of ether oxygens (including phenoxy) is 1. The van der Waals surface area contributed by atoms with Crippen LogP contribution in [0.15, 0.2) is 36.5 Å². The highest BCUT2D eigenvalue weighted by atomic mass is 35.5. The van der Waals surface area contributed by atoms with Crippen molar-refractivity contribution in [2.45, 2.75) is 32.7 Å². The van der Waals surface area contributed by atoms with Crippen LogP contribution >= 0.6 is 35.2 Å². The van der Waals surface area contributed by atoms with Crippen molar-refractivity contribution in [1.82, 2.24) is 9.78 Å². The molecule has 0 amide bonds. The van der Waals surface area contributed by atoms with E-state index in [1.54, 1.807) is 11.3 Å². The molecule has 0 radical (unpaired) electrons. The Morgan fingerprint density at radius 3 is 2.84 bits per heavy atom. The molecule has 1 aromatic carbocycles. The Morgan fingerprint density at radius 2 is 2.10 bits per heavy atom. The zero-order valence-corrected chi connectivity index (χ0v) is 19.7. The summed E-state index contributed by atoms with van der Waals surface area (Å²) in [7, 11) is 1.41. The third-order valence-corrected chi connectivity index (χ3v) is 6.89. The van der Waals surface area contributed by atoms with Crippen LogP contribution in [-0.4, -0.2) is 28.0 Å². The summed E-state index contributed by atoms with van der Waals surface area (Å²) in [6.45, 7) is 2.86. The molecule has 1 aliphatic carbocycles. The Bertz CT molecular complexity index is 1110. The number of esters is 1. The molecule has 31 heavy (non-hydrogen) atoms. The summed E-state index contributed by atoms with van der Waals surface area (Å²) >= 11 is 13.0. The summed E-state index contributed by atoms with van der Waals surface area (Å²) < 4.78 is 6.85. The smallest absolute Gasteiger partial charge is 0.341 e. The molecule has 0 aliphatic heterocycles. The van der Waals surface area contributed by atoms with Crippen molar-refractivity contribution in [2.75, 3.05) is 17.7 Å². The van der Waals surface area contributed by atoms with Gasteiger partial charge in [0.2, 0.25) is 0 Å². The standard InChI is InChI=1S/C22H23ClN4O2S2/c1-13-3-8-16-17(11-13)31-20(19(16)21(28)29-2)25-22(30)24-18-9-10-27(26-18)12-14-4-6-15(23)7-5-14/h4-7,9-10,13H,3,8,11-12H2,1-2H3,(H2,24,25,26,30)/t13-/m1/s1. The van der Waals surface area contributed by atoms with Gasteiger partial charge in [-0.1, -0.05) is 30.7 Å². The number of hydrogen-bond donors (Lipinski definition) is 2. The van der Waals surface area contributed by atoms with Crippen molar-refractivity contribution < 1.29 is 9.53 Å². The summed E-state index contributed by atoms with van der Waals surface area (Å²) in [5, 5.41) is 12.6. The van der Waals surface area contributed by atoms with E-state index in [9.17, 15) is 4.79 Å². The molecular formula is C22H23ClN4O2S2. The van der Waals surface area contributed by atoms with E-state index in [1.807, 2.05) is 41.2 Å². The van der Waals surface area contributed by atoms with Gasteiger partial charge in [0.25, 0.3) is 0 Å². The second kappa shape index (κ2) is 9.38. The molecule has 162 valence electrons. The average molecular weight is 475 g/mol. The maximum atomic E-state index is 12.4. The summed E-state index contributed by atoms with van der Waals surface area (Å²) in [6.07, 6.45) is 4.81. The predicted molar refractivity (Wildman–Crippen MR) is 129 cm³/mol. The van der Waals surface area contributed by atoms with Crippen LogP contribution in [0.5, 0.6) is 0 Å². The molecule has 6 nitrogen and oxygen atoms in total. The van der Waals surface area contributed by atoms with Gasteiger partial charge in [0.15, 0.2) is 10.9 Å². The lowest BCUT2D eigenvalue weighted by molar-refractivity contribution is 0.0601. The normalized spacial score (nSPS) is 15.3. The average Bonchev–Trinajstić information content (AvgIpc) is 3.32. The number of nitrogens with zero attached hydrogens (tertiary/aromatic N) is 2. The zero-order chi connectivity index (χ0) is 22.0. The number of thiocarbonyl (C=S) groups is 1. The van der Waals surface area contributed by atoms with Gasteiger partial charge >= 0.3 is 5.97 Å². The summed E-state index contributed by atoms with van der Waals surface area (Å²) in [6, 6.07) is 9.51. The van der Waals surface area contributed by atoms with E-state index >= 15 is 0 Å². The summed E-state index contributed by atoms with van der Waals surface area (Å²) in [5.41, 5.74) is 2.79. The highest BCUT2D eigenvalue weighted by Gasteiger charge is 2.28. The fraction of sp³-hybridized carbons (Fsp3) is 0.318. The number of methoxy groups -OCH3 is 1. The van der Waals surface area contributed by atoms with Crippen LogP contribution in [0.4, 0.5) is 10.8 Å². The Balaban J connectivity index is 1.45. The van der Waals surface area contributed by atoms with E-state index in [0.717, 1.165) is 35.4 Å². The molecule has 1 atom stereocenters. The molecule has 2 aromatic heterocycles. The van der Waals surface area contributed by atoms with Crippen molar-refractivity contribution in [3.63, 3.8) is 0 Å². The minimum Gasteiger partial charge on any atom is -0.465 e. The topological polar surface area (TPSA) is 68.2 Å². The minimum atomic E-state index is -0.329. The third kappa shape index (κ3) is 5.08. The summed E-state index contributed by atoms with van der Waals surface area (Å²) in [4.78, 5) is 13.7. The number of benzene rings is 1.